The topological polar surface area (TPSA) is 151 Å². The molecular formula is C24H48Cl2N2O8S2. The number of rotatable bonds is 12. The van der Waals surface area contributed by atoms with Crippen molar-refractivity contribution in [3.8, 4) is 0 Å². The highest BCUT2D eigenvalue weighted by atomic mass is 35.5. The average Bonchev–Trinajstić information content (AvgIpc) is 2.72. The molecule has 0 aliphatic heterocycles. The lowest BCUT2D eigenvalue weighted by molar-refractivity contribution is -0.155. The standard InChI is InChI=1S/2C12H24ClNO4S/c2*1-7-18-10(16)8(15)9(12(5,6)13)14-19(17)11(2,3)4/h2*8-9,14-15H,7H2,1-6H3/t2*8-,9-,19-/m11/s1. The van der Waals surface area contributed by atoms with Crippen molar-refractivity contribution in [1.82, 2.24) is 9.44 Å². The molecule has 0 rings (SSSR count). The average molecular weight is 628 g/mol. The van der Waals surface area contributed by atoms with E-state index >= 15 is 0 Å². The van der Waals surface area contributed by atoms with E-state index in [2.05, 4.69) is 9.44 Å². The molecule has 0 radical (unpaired) electrons. The highest BCUT2D eigenvalue weighted by molar-refractivity contribution is 7.84. The molecule has 4 N–H and O–H groups in total. The van der Waals surface area contributed by atoms with Crippen LogP contribution in [-0.4, -0.2) is 87.3 Å². The van der Waals surface area contributed by atoms with Gasteiger partial charge < -0.3 is 19.7 Å². The predicted octanol–water partition coefficient (Wildman–Crippen LogP) is 2.70. The summed E-state index contributed by atoms with van der Waals surface area (Å²) in [6.45, 7) is 20.8. The van der Waals surface area contributed by atoms with Gasteiger partial charge in [0.05, 0.1) is 66.5 Å². The summed E-state index contributed by atoms with van der Waals surface area (Å²) >= 11 is 12.3. The lowest BCUT2D eigenvalue weighted by Gasteiger charge is -2.33. The molecule has 38 heavy (non-hydrogen) atoms. The summed E-state index contributed by atoms with van der Waals surface area (Å²) in [5.74, 6) is -1.56. The van der Waals surface area contributed by atoms with Gasteiger partial charge in [-0.1, -0.05) is 0 Å². The van der Waals surface area contributed by atoms with E-state index in [0.717, 1.165) is 0 Å². The third-order valence-corrected chi connectivity index (χ3v) is 8.38. The molecule has 10 nitrogen and oxygen atoms in total. The Hall–Kier alpha value is -0.340. The molecule has 14 heteroatoms. The van der Waals surface area contributed by atoms with E-state index in [1.165, 1.54) is 0 Å². The van der Waals surface area contributed by atoms with Crippen molar-refractivity contribution in [2.45, 2.75) is 127 Å². The Balaban J connectivity index is 0. The third-order valence-electron chi connectivity index (χ3n) is 4.75. The Labute approximate surface area is 243 Å². The highest BCUT2D eigenvalue weighted by Crippen LogP contribution is 2.25. The second-order valence-corrected chi connectivity index (χ2v) is 17.4. The molecular weight excluding hydrogens is 579 g/mol. The zero-order valence-electron chi connectivity index (χ0n) is 24.6. The van der Waals surface area contributed by atoms with Gasteiger partial charge in [0.1, 0.15) is 0 Å². The van der Waals surface area contributed by atoms with Crippen LogP contribution in [0.1, 0.15) is 83.1 Å². The van der Waals surface area contributed by atoms with Gasteiger partial charge in [-0.2, -0.15) is 0 Å². The second-order valence-electron chi connectivity index (χ2n) is 11.5. The molecule has 0 fully saturated rings. The van der Waals surface area contributed by atoms with Gasteiger partial charge >= 0.3 is 11.9 Å². The van der Waals surface area contributed by atoms with Gasteiger partial charge in [0.25, 0.3) is 0 Å². The van der Waals surface area contributed by atoms with Crippen molar-refractivity contribution in [1.29, 1.82) is 0 Å². The molecule has 0 unspecified atom stereocenters. The maximum atomic E-state index is 12.1. The monoisotopic (exact) mass is 626 g/mol. The van der Waals surface area contributed by atoms with Crippen LogP contribution in [0.3, 0.4) is 0 Å². The van der Waals surface area contributed by atoms with Crippen LogP contribution in [0.5, 0.6) is 0 Å². The predicted molar refractivity (Wildman–Crippen MR) is 155 cm³/mol. The van der Waals surface area contributed by atoms with E-state index in [-0.39, 0.29) is 13.2 Å². The maximum Gasteiger partial charge on any atom is 0.336 e. The Kier molecular flexibility index (Phi) is 17.0. The molecule has 6 atom stereocenters. The first-order valence-corrected chi connectivity index (χ1v) is 15.3. The van der Waals surface area contributed by atoms with Crippen LogP contribution in [0.25, 0.3) is 0 Å². The minimum absolute atomic E-state index is 0.160. The molecule has 0 aliphatic carbocycles. The second kappa shape index (κ2) is 16.2. The molecule has 0 bridgehead atoms. The van der Waals surface area contributed by atoms with Gasteiger partial charge in [-0.15, -0.1) is 23.2 Å². The van der Waals surface area contributed by atoms with Crippen LogP contribution in [0.2, 0.25) is 0 Å². The summed E-state index contributed by atoms with van der Waals surface area (Å²) in [5, 5.41) is 20.0. The maximum absolute atomic E-state index is 12.1. The number of aliphatic hydroxyl groups is 2. The molecule has 0 aromatic heterocycles. The summed E-state index contributed by atoms with van der Waals surface area (Å²) in [6.07, 6.45) is -2.95. The number of ether oxygens (including phenoxy) is 2. The van der Waals surface area contributed by atoms with Gasteiger partial charge in [-0.3, -0.25) is 0 Å². The number of esters is 2. The fourth-order valence-corrected chi connectivity index (χ4v) is 4.96. The smallest absolute Gasteiger partial charge is 0.336 e. The quantitative estimate of drug-likeness (QED) is 0.191. The molecule has 0 heterocycles. The zero-order valence-corrected chi connectivity index (χ0v) is 27.8. The fraction of sp³-hybridized carbons (Fsp3) is 0.917. The lowest BCUT2D eigenvalue weighted by Crippen LogP contribution is -2.57. The number of aliphatic hydroxyl groups excluding tert-OH is 2. The summed E-state index contributed by atoms with van der Waals surface area (Å²) in [7, 11) is -2.91. The molecule has 0 spiro atoms. The number of nitrogens with one attached hydrogen (secondary N) is 2. The molecule has 0 aliphatic rings. The van der Waals surface area contributed by atoms with E-state index in [4.69, 9.17) is 32.7 Å². The Bertz CT molecular complexity index is 737. The minimum atomic E-state index is -1.47. The van der Waals surface area contributed by atoms with Crippen molar-refractivity contribution in [3.63, 3.8) is 0 Å². The van der Waals surface area contributed by atoms with Gasteiger partial charge in [0, 0.05) is 0 Å². The van der Waals surface area contributed by atoms with E-state index in [1.54, 1.807) is 83.1 Å². The van der Waals surface area contributed by atoms with Crippen LogP contribution >= 0.6 is 23.2 Å². The molecule has 0 saturated carbocycles. The van der Waals surface area contributed by atoms with E-state index in [1.807, 2.05) is 0 Å². The van der Waals surface area contributed by atoms with Gasteiger partial charge in [0.15, 0.2) is 12.2 Å². The summed E-state index contributed by atoms with van der Waals surface area (Å²) in [6, 6.07) is -1.76. The number of hydrogen-bond acceptors (Lipinski definition) is 8. The van der Waals surface area contributed by atoms with E-state index in [0.29, 0.717) is 0 Å². The van der Waals surface area contributed by atoms with Crippen LogP contribution in [0.15, 0.2) is 0 Å². The Morgan fingerprint density at radius 2 is 0.921 bits per heavy atom. The first-order valence-electron chi connectivity index (χ1n) is 12.3. The van der Waals surface area contributed by atoms with Crippen LogP contribution in [-0.2, 0) is 41.0 Å². The lowest BCUT2D eigenvalue weighted by atomic mass is 9.99. The Morgan fingerprint density at radius 3 is 1.08 bits per heavy atom. The molecule has 0 amide bonds. The number of carbonyl (C=O) groups is 2. The van der Waals surface area contributed by atoms with Crippen LogP contribution in [0, 0.1) is 0 Å². The van der Waals surface area contributed by atoms with Crippen molar-refractivity contribution in [2.24, 2.45) is 0 Å². The Morgan fingerprint density at radius 1 is 0.684 bits per heavy atom. The number of carbonyl (C=O) groups excluding carboxylic acids is 2. The molecule has 0 aromatic rings. The van der Waals surface area contributed by atoms with Crippen LogP contribution in [0.4, 0.5) is 0 Å². The number of halogens is 2. The van der Waals surface area contributed by atoms with Crippen molar-refractivity contribution in [3.05, 3.63) is 0 Å². The zero-order chi connectivity index (χ0) is 30.9. The number of alkyl halides is 2. The van der Waals surface area contributed by atoms with Gasteiger partial charge in [0.2, 0.25) is 0 Å². The molecule has 228 valence electrons. The normalized spacial score (nSPS) is 17.7. The van der Waals surface area contributed by atoms with Crippen molar-refractivity contribution >= 4 is 57.1 Å². The molecule has 0 aromatic carbocycles. The summed E-state index contributed by atoms with van der Waals surface area (Å²) < 4.78 is 38.1. The fourth-order valence-electron chi connectivity index (χ4n) is 2.47. The van der Waals surface area contributed by atoms with E-state index in [9.17, 15) is 28.2 Å². The first kappa shape index (κ1) is 39.8. The largest absolute Gasteiger partial charge is 0.464 e. The minimum Gasteiger partial charge on any atom is -0.464 e. The SMILES string of the molecule is CCOC(=O)[C@H](O)[C@@H](N[S@](=O)C(C)(C)C)C(C)(C)Cl.CCOC(=O)[C@H](O)[C@@H](N[S@](=O)C(C)(C)C)C(C)(C)Cl. The summed E-state index contributed by atoms with van der Waals surface area (Å²) in [4.78, 5) is 21.3. The highest BCUT2D eigenvalue weighted by Gasteiger charge is 2.41. The molecule has 0 saturated heterocycles. The van der Waals surface area contributed by atoms with Crippen LogP contribution < -0.4 is 9.44 Å². The third kappa shape index (κ3) is 14.9. The van der Waals surface area contributed by atoms with Crippen molar-refractivity contribution in [2.75, 3.05) is 13.2 Å². The number of hydrogen-bond donors (Lipinski definition) is 4. The van der Waals surface area contributed by atoms with Gasteiger partial charge in [-0.25, -0.2) is 27.5 Å². The summed E-state index contributed by atoms with van der Waals surface area (Å²) in [5.41, 5.74) is 0. The first-order chi connectivity index (χ1) is 16.8. The van der Waals surface area contributed by atoms with E-state index < -0.39 is 77.4 Å². The van der Waals surface area contributed by atoms with Gasteiger partial charge in [-0.05, 0) is 83.1 Å². The van der Waals surface area contributed by atoms with Crippen molar-refractivity contribution < 1.29 is 37.7 Å².